The van der Waals surface area contributed by atoms with Gasteiger partial charge in [-0.15, -0.1) is 0 Å². The molecule has 0 heterocycles. The molecule has 0 spiro atoms. The molecular weight excluding hydrogens is 396 g/mol. The van der Waals surface area contributed by atoms with E-state index in [2.05, 4.69) is 40.7 Å². The van der Waals surface area contributed by atoms with Crippen molar-refractivity contribution in [2.75, 3.05) is 0 Å². The number of carbonyl (C=O) groups is 1. The quantitative estimate of drug-likeness (QED) is 0.444. The minimum atomic E-state index is -1.02. The van der Waals surface area contributed by atoms with Crippen molar-refractivity contribution in [3.63, 3.8) is 0 Å². The fourth-order valence-electron chi connectivity index (χ4n) is 9.08. The third kappa shape index (κ3) is 3.44. The van der Waals surface area contributed by atoms with Crippen molar-refractivity contribution in [3.05, 3.63) is 22.8 Å². The van der Waals surface area contributed by atoms with Crippen molar-refractivity contribution in [1.29, 1.82) is 0 Å². The van der Waals surface area contributed by atoms with E-state index in [4.69, 9.17) is 0 Å². The zero-order valence-electron chi connectivity index (χ0n) is 21.3. The van der Waals surface area contributed by atoms with Crippen molar-refractivity contribution >= 4 is 5.97 Å². The lowest BCUT2D eigenvalue weighted by molar-refractivity contribution is -0.175. The lowest BCUT2D eigenvalue weighted by atomic mass is 9.45. The first-order valence-electron chi connectivity index (χ1n) is 13.2. The van der Waals surface area contributed by atoms with Crippen LogP contribution in [0.4, 0.5) is 0 Å². The Kier molecular flexibility index (Phi) is 6.23. The number of aliphatic hydroxyl groups excluding tert-OH is 1. The summed E-state index contributed by atoms with van der Waals surface area (Å²) in [6.07, 6.45) is 12.7. The van der Waals surface area contributed by atoms with Crippen LogP contribution in [0.3, 0.4) is 0 Å². The smallest absolute Gasteiger partial charge is 0.312 e. The maximum atomic E-state index is 12.3. The Bertz CT molecular complexity index is 820. The van der Waals surface area contributed by atoms with Crippen molar-refractivity contribution in [3.8, 4) is 0 Å². The van der Waals surface area contributed by atoms with E-state index in [0.29, 0.717) is 17.8 Å². The molecule has 4 rings (SSSR count). The van der Waals surface area contributed by atoms with Gasteiger partial charge in [0.05, 0.1) is 11.5 Å². The van der Waals surface area contributed by atoms with Crippen LogP contribution in [0.2, 0.25) is 0 Å². The highest BCUT2D eigenvalue weighted by Crippen LogP contribution is 2.68. The third-order valence-corrected chi connectivity index (χ3v) is 11.0. The van der Waals surface area contributed by atoms with Crippen molar-refractivity contribution in [2.24, 2.45) is 39.9 Å². The number of carboxylic acids is 1. The van der Waals surface area contributed by atoms with E-state index in [1.54, 1.807) is 11.1 Å². The Balaban J connectivity index is 1.62. The second-order valence-electron chi connectivity index (χ2n) is 12.7. The first kappa shape index (κ1) is 24.0. The Hall–Kier alpha value is -1.09. The molecule has 2 fully saturated rings. The van der Waals surface area contributed by atoms with Crippen LogP contribution in [0.25, 0.3) is 0 Å². The van der Waals surface area contributed by atoms with Crippen LogP contribution < -0.4 is 0 Å². The van der Waals surface area contributed by atoms with Crippen LogP contribution in [-0.2, 0) is 4.79 Å². The number of rotatable bonds is 5. The largest absolute Gasteiger partial charge is 0.481 e. The maximum Gasteiger partial charge on any atom is 0.312 e. The van der Waals surface area contributed by atoms with Crippen LogP contribution in [-0.4, -0.2) is 22.3 Å². The van der Waals surface area contributed by atoms with E-state index in [1.807, 2.05) is 6.92 Å². The molecule has 2 saturated carbocycles. The fourth-order valence-corrected chi connectivity index (χ4v) is 9.08. The van der Waals surface area contributed by atoms with Gasteiger partial charge in [-0.3, -0.25) is 4.79 Å². The molecule has 0 aromatic carbocycles. The van der Waals surface area contributed by atoms with Gasteiger partial charge in [0.2, 0.25) is 0 Å². The normalized spacial score (nSPS) is 44.3. The number of fused-ring (bicyclic) bond motifs is 4. The molecule has 32 heavy (non-hydrogen) atoms. The van der Waals surface area contributed by atoms with E-state index < -0.39 is 17.5 Å². The number of aliphatic hydroxyl groups is 1. The summed E-state index contributed by atoms with van der Waals surface area (Å²) in [6.45, 7) is 13.6. The Morgan fingerprint density at radius 2 is 1.81 bits per heavy atom. The minimum absolute atomic E-state index is 0.0413. The number of allylic oxidation sites excluding steroid dienone is 4. The lowest BCUT2D eigenvalue weighted by Gasteiger charge is -2.59. The molecule has 0 aliphatic heterocycles. The summed E-state index contributed by atoms with van der Waals surface area (Å²) in [4.78, 5) is 12.3. The molecule has 0 aromatic rings. The van der Waals surface area contributed by atoms with Gasteiger partial charge in [0, 0.05) is 0 Å². The summed E-state index contributed by atoms with van der Waals surface area (Å²) in [5.41, 5.74) is 4.06. The molecule has 3 heteroatoms. The second-order valence-corrected chi connectivity index (χ2v) is 12.7. The van der Waals surface area contributed by atoms with Gasteiger partial charge in [0.25, 0.3) is 0 Å². The number of hydrogen-bond acceptors (Lipinski definition) is 2. The lowest BCUT2D eigenvalue weighted by Crippen LogP contribution is -2.58. The van der Waals surface area contributed by atoms with Crippen LogP contribution in [0.1, 0.15) is 106 Å². The number of carboxylic acid groups (broad SMARTS) is 1. The minimum Gasteiger partial charge on any atom is -0.481 e. The molecule has 180 valence electrons. The molecule has 1 unspecified atom stereocenters. The first-order valence-corrected chi connectivity index (χ1v) is 13.2. The van der Waals surface area contributed by atoms with Crippen molar-refractivity contribution in [2.45, 2.75) is 112 Å². The van der Waals surface area contributed by atoms with Gasteiger partial charge in [-0.2, -0.15) is 0 Å². The average molecular weight is 443 g/mol. The van der Waals surface area contributed by atoms with Gasteiger partial charge in [-0.25, -0.2) is 0 Å². The van der Waals surface area contributed by atoms with Crippen LogP contribution in [0, 0.1) is 39.9 Å². The highest BCUT2D eigenvalue weighted by molar-refractivity contribution is 5.76. The van der Waals surface area contributed by atoms with Crippen molar-refractivity contribution < 1.29 is 15.0 Å². The number of hydrogen-bond donors (Lipinski definition) is 2. The Labute approximate surface area is 195 Å². The molecule has 0 radical (unpaired) electrons. The number of aliphatic carboxylic acids is 1. The van der Waals surface area contributed by atoms with Crippen molar-refractivity contribution in [1.82, 2.24) is 0 Å². The van der Waals surface area contributed by atoms with Gasteiger partial charge in [-0.05, 0) is 119 Å². The van der Waals surface area contributed by atoms with E-state index in [9.17, 15) is 15.0 Å². The van der Waals surface area contributed by atoms with Crippen LogP contribution in [0.15, 0.2) is 22.8 Å². The molecule has 0 amide bonds. The summed E-state index contributed by atoms with van der Waals surface area (Å²) in [5, 5.41) is 20.9. The van der Waals surface area contributed by atoms with Gasteiger partial charge < -0.3 is 10.2 Å². The summed E-state index contributed by atoms with van der Waals surface area (Å²) in [7, 11) is 0. The SMILES string of the molecule is CC(C)=CCC[C@@H](C)[C@H]1CCC2C3=C(CC[C@@]21C)[C@@]1(C)CC[C@H](O)[C@@](C)(C(=O)O)[C@@H]1CC3. The Morgan fingerprint density at radius 1 is 1.09 bits per heavy atom. The predicted molar refractivity (Wildman–Crippen MR) is 130 cm³/mol. The molecule has 8 atom stereocenters. The van der Waals surface area contributed by atoms with Gasteiger partial charge in [0.1, 0.15) is 0 Å². The third-order valence-electron chi connectivity index (χ3n) is 11.0. The zero-order chi connectivity index (χ0) is 23.5. The second kappa shape index (κ2) is 8.29. The summed E-state index contributed by atoms with van der Waals surface area (Å²) >= 11 is 0. The summed E-state index contributed by atoms with van der Waals surface area (Å²) < 4.78 is 0. The van der Waals surface area contributed by atoms with Gasteiger partial charge in [-0.1, -0.05) is 43.6 Å². The van der Waals surface area contributed by atoms with Crippen LogP contribution >= 0.6 is 0 Å². The molecular formula is C29H46O3. The monoisotopic (exact) mass is 442 g/mol. The fraction of sp³-hybridized carbons (Fsp3) is 0.828. The van der Waals surface area contributed by atoms with E-state index in [1.165, 1.54) is 37.7 Å². The van der Waals surface area contributed by atoms with E-state index in [-0.39, 0.29) is 11.3 Å². The average Bonchev–Trinajstić information content (AvgIpc) is 3.08. The maximum absolute atomic E-state index is 12.3. The first-order chi connectivity index (χ1) is 15.0. The van der Waals surface area contributed by atoms with Gasteiger partial charge in [0.15, 0.2) is 0 Å². The Morgan fingerprint density at radius 3 is 2.47 bits per heavy atom. The van der Waals surface area contributed by atoms with E-state index >= 15 is 0 Å². The van der Waals surface area contributed by atoms with Gasteiger partial charge >= 0.3 is 5.97 Å². The van der Waals surface area contributed by atoms with Crippen LogP contribution in [0.5, 0.6) is 0 Å². The highest BCUT2D eigenvalue weighted by atomic mass is 16.4. The zero-order valence-corrected chi connectivity index (χ0v) is 21.3. The molecule has 3 nitrogen and oxygen atoms in total. The molecule has 2 N–H and O–H groups in total. The topological polar surface area (TPSA) is 57.5 Å². The molecule has 0 bridgehead atoms. The molecule has 0 saturated heterocycles. The van der Waals surface area contributed by atoms with E-state index in [0.717, 1.165) is 37.5 Å². The molecule has 4 aliphatic rings. The standard InChI is InChI=1S/C29H46O3/c1-18(2)8-7-9-19(3)21-11-12-22-20-10-13-24-28(5,23(20)14-16-27(21,22)4)17-15-25(30)29(24,6)26(31)32/h8,19,21-22,24-25,30H,7,9-17H2,1-6H3,(H,31,32)/t19-,21-,22?,24-,25+,27-,28-,29+/m1/s1. The molecule has 0 aromatic heterocycles. The summed E-state index contributed by atoms with van der Waals surface area (Å²) in [6, 6.07) is 0. The highest BCUT2D eigenvalue weighted by Gasteiger charge is 2.62. The predicted octanol–water partition coefficient (Wildman–Crippen LogP) is 7.15. The summed E-state index contributed by atoms with van der Waals surface area (Å²) in [5.74, 6) is 1.48. The molecule has 4 aliphatic carbocycles.